The molecule has 2 nitrogen and oxygen atoms in total. The summed E-state index contributed by atoms with van der Waals surface area (Å²) in [7, 11) is 0. The van der Waals surface area contributed by atoms with Crippen LogP contribution >= 0.6 is 27.5 Å². The van der Waals surface area contributed by atoms with E-state index in [2.05, 4.69) is 40.1 Å². The van der Waals surface area contributed by atoms with E-state index in [4.69, 9.17) is 11.6 Å². The Morgan fingerprint density at radius 2 is 2.38 bits per heavy atom. The van der Waals surface area contributed by atoms with Gasteiger partial charge in [0.2, 0.25) is 0 Å². The molecule has 16 heavy (non-hydrogen) atoms. The van der Waals surface area contributed by atoms with Crippen LogP contribution in [0.2, 0.25) is 5.02 Å². The first kappa shape index (κ1) is 10.8. The van der Waals surface area contributed by atoms with Crippen molar-refractivity contribution < 1.29 is 0 Å². The summed E-state index contributed by atoms with van der Waals surface area (Å²) in [5.74, 6) is 2.44. The highest BCUT2D eigenvalue weighted by Crippen LogP contribution is 2.63. The van der Waals surface area contributed by atoms with Gasteiger partial charge in [-0.25, -0.2) is 4.98 Å². The number of hydrogen-bond acceptors (Lipinski definition) is 2. The van der Waals surface area contributed by atoms with Gasteiger partial charge in [-0.2, -0.15) is 0 Å². The molecule has 2 atom stereocenters. The second kappa shape index (κ2) is 3.36. The molecule has 1 aliphatic heterocycles. The molecule has 2 unspecified atom stereocenters. The van der Waals surface area contributed by atoms with Gasteiger partial charge in [-0.1, -0.05) is 25.4 Å². The van der Waals surface area contributed by atoms with E-state index in [9.17, 15) is 0 Å². The summed E-state index contributed by atoms with van der Waals surface area (Å²) in [5, 5.41) is 4.23. The highest BCUT2D eigenvalue weighted by Gasteiger charge is 2.60. The molecule has 2 heterocycles. The van der Waals surface area contributed by atoms with Crippen LogP contribution in [0.1, 0.15) is 25.8 Å². The van der Waals surface area contributed by atoms with E-state index in [-0.39, 0.29) is 5.41 Å². The van der Waals surface area contributed by atoms with Gasteiger partial charge in [0.1, 0.15) is 5.82 Å². The van der Waals surface area contributed by atoms with Crippen molar-refractivity contribution in [2.45, 2.75) is 25.7 Å². The maximum Gasteiger partial charge on any atom is 0.131 e. The summed E-state index contributed by atoms with van der Waals surface area (Å²) >= 11 is 9.87. The largest absolute Gasteiger partial charge is 0.369 e. The quantitative estimate of drug-likeness (QED) is 0.852. The number of fused-ring (bicyclic) bond motifs is 2. The van der Waals surface area contributed by atoms with E-state index in [0.717, 1.165) is 27.8 Å². The Morgan fingerprint density at radius 1 is 1.62 bits per heavy atom. The Hall–Kier alpha value is -0.280. The topological polar surface area (TPSA) is 24.9 Å². The van der Waals surface area contributed by atoms with Crippen LogP contribution in [0, 0.1) is 11.8 Å². The normalized spacial score (nSPS) is 30.7. The lowest BCUT2D eigenvalue weighted by atomic mass is 9.92. The SMILES string of the molecule is CC(C)C1CC12CNc1ncc(Br)c(Cl)c12. The van der Waals surface area contributed by atoms with Crippen molar-refractivity contribution in [3.05, 3.63) is 21.3 Å². The maximum atomic E-state index is 6.41. The highest BCUT2D eigenvalue weighted by molar-refractivity contribution is 9.10. The first-order valence-electron chi connectivity index (χ1n) is 5.64. The molecule has 1 spiro atoms. The summed E-state index contributed by atoms with van der Waals surface area (Å²) < 4.78 is 0.908. The number of nitrogens with zero attached hydrogens (tertiary/aromatic N) is 1. The van der Waals surface area contributed by atoms with Crippen LogP contribution in [-0.2, 0) is 5.41 Å². The molecular weight excluding hydrogens is 288 g/mol. The van der Waals surface area contributed by atoms with Crippen molar-refractivity contribution in [3.8, 4) is 0 Å². The Kier molecular flexibility index (Phi) is 2.28. The van der Waals surface area contributed by atoms with Crippen molar-refractivity contribution in [1.82, 2.24) is 4.98 Å². The summed E-state index contributed by atoms with van der Waals surface area (Å²) in [6.07, 6.45) is 3.02. The molecule has 1 N–H and O–H groups in total. The molecule has 1 aromatic rings. The van der Waals surface area contributed by atoms with Crippen molar-refractivity contribution in [2.24, 2.45) is 11.8 Å². The molecule has 0 aromatic carbocycles. The zero-order valence-corrected chi connectivity index (χ0v) is 11.7. The van der Waals surface area contributed by atoms with E-state index in [1.165, 1.54) is 12.0 Å². The number of hydrogen-bond donors (Lipinski definition) is 1. The van der Waals surface area contributed by atoms with Gasteiger partial charge in [-0.15, -0.1) is 0 Å². The minimum atomic E-state index is 0.261. The van der Waals surface area contributed by atoms with Crippen LogP contribution in [0.15, 0.2) is 10.7 Å². The Morgan fingerprint density at radius 3 is 3.00 bits per heavy atom. The molecule has 2 aliphatic rings. The number of pyridine rings is 1. The van der Waals surface area contributed by atoms with Crippen molar-refractivity contribution in [2.75, 3.05) is 11.9 Å². The molecule has 1 aromatic heterocycles. The predicted octanol–water partition coefficient (Wildman–Crippen LogP) is 3.84. The van der Waals surface area contributed by atoms with Gasteiger partial charge in [0, 0.05) is 23.7 Å². The van der Waals surface area contributed by atoms with Gasteiger partial charge >= 0.3 is 0 Å². The molecule has 0 radical (unpaired) electrons. The van der Waals surface area contributed by atoms with Crippen LogP contribution in [0.25, 0.3) is 0 Å². The fourth-order valence-corrected chi connectivity index (χ4v) is 3.71. The lowest BCUT2D eigenvalue weighted by Gasteiger charge is -2.13. The van der Waals surface area contributed by atoms with Crippen molar-refractivity contribution in [3.63, 3.8) is 0 Å². The predicted molar refractivity (Wildman–Crippen MR) is 70.1 cm³/mol. The average molecular weight is 302 g/mol. The van der Waals surface area contributed by atoms with Gasteiger partial charge in [0.25, 0.3) is 0 Å². The number of rotatable bonds is 1. The fourth-order valence-electron chi connectivity index (χ4n) is 3.08. The third-order valence-electron chi connectivity index (χ3n) is 3.98. The third kappa shape index (κ3) is 1.28. The summed E-state index contributed by atoms with van der Waals surface area (Å²) in [5.41, 5.74) is 1.50. The van der Waals surface area contributed by atoms with Crippen LogP contribution in [-0.4, -0.2) is 11.5 Å². The van der Waals surface area contributed by atoms with Gasteiger partial charge in [0.05, 0.1) is 9.50 Å². The highest BCUT2D eigenvalue weighted by atomic mass is 79.9. The third-order valence-corrected chi connectivity index (χ3v) is 5.20. The monoisotopic (exact) mass is 300 g/mol. The molecule has 0 amide bonds. The Balaban J connectivity index is 2.10. The summed E-state index contributed by atoms with van der Waals surface area (Å²) in [4.78, 5) is 4.41. The Bertz CT molecular complexity index is 461. The molecule has 4 heteroatoms. The summed E-state index contributed by atoms with van der Waals surface area (Å²) in [6.45, 7) is 5.57. The minimum absolute atomic E-state index is 0.261. The van der Waals surface area contributed by atoms with Crippen molar-refractivity contribution >= 4 is 33.3 Å². The molecule has 1 saturated carbocycles. The lowest BCUT2D eigenvalue weighted by molar-refractivity contribution is 0.498. The van der Waals surface area contributed by atoms with Crippen LogP contribution in [0.5, 0.6) is 0 Å². The van der Waals surface area contributed by atoms with Gasteiger partial charge < -0.3 is 5.32 Å². The zero-order valence-electron chi connectivity index (χ0n) is 9.35. The van der Waals surface area contributed by atoms with Gasteiger partial charge in [-0.3, -0.25) is 0 Å². The molecule has 86 valence electrons. The standard InChI is InChI=1S/C12H14BrClN2/c1-6(2)7-3-12(7)5-16-11-9(12)10(14)8(13)4-15-11/h4,6-7H,3,5H2,1-2H3,(H,15,16). The first-order valence-corrected chi connectivity index (χ1v) is 6.82. The van der Waals surface area contributed by atoms with E-state index < -0.39 is 0 Å². The molecule has 1 aliphatic carbocycles. The number of halogens is 2. The molecule has 3 rings (SSSR count). The van der Waals surface area contributed by atoms with Crippen molar-refractivity contribution in [1.29, 1.82) is 0 Å². The smallest absolute Gasteiger partial charge is 0.131 e. The lowest BCUT2D eigenvalue weighted by Crippen LogP contribution is -2.15. The van der Waals surface area contributed by atoms with E-state index in [0.29, 0.717) is 5.92 Å². The second-order valence-corrected chi connectivity index (χ2v) is 6.44. The number of nitrogens with one attached hydrogen (secondary N) is 1. The number of aromatic nitrogens is 1. The average Bonchev–Trinajstić information content (AvgIpc) is 2.83. The van der Waals surface area contributed by atoms with Gasteiger partial charge in [-0.05, 0) is 34.2 Å². The minimum Gasteiger partial charge on any atom is -0.369 e. The molecule has 0 saturated heterocycles. The van der Waals surface area contributed by atoms with Gasteiger partial charge in [0.15, 0.2) is 0 Å². The Labute approximate surface area is 109 Å². The maximum absolute atomic E-state index is 6.41. The van der Waals surface area contributed by atoms with E-state index in [1.807, 2.05) is 0 Å². The van der Waals surface area contributed by atoms with E-state index in [1.54, 1.807) is 6.20 Å². The summed E-state index contributed by atoms with van der Waals surface area (Å²) in [6, 6.07) is 0. The molecule has 0 bridgehead atoms. The number of anilines is 1. The fraction of sp³-hybridized carbons (Fsp3) is 0.583. The van der Waals surface area contributed by atoms with Crippen LogP contribution in [0.3, 0.4) is 0 Å². The molecular formula is C12H14BrClN2. The van der Waals surface area contributed by atoms with Crippen LogP contribution in [0.4, 0.5) is 5.82 Å². The first-order chi connectivity index (χ1) is 7.56. The van der Waals surface area contributed by atoms with E-state index >= 15 is 0 Å². The zero-order chi connectivity index (χ0) is 11.5. The molecule has 1 fully saturated rings. The second-order valence-electron chi connectivity index (χ2n) is 5.21. The van der Waals surface area contributed by atoms with Crippen LogP contribution < -0.4 is 5.32 Å².